The highest BCUT2D eigenvalue weighted by Gasteiger charge is 2.61. The maximum absolute atomic E-state index is 13.1. The van der Waals surface area contributed by atoms with Gasteiger partial charge in [0.25, 0.3) is 0 Å². The molecule has 2 heterocycles. The molecule has 1 aliphatic carbocycles. The Morgan fingerprint density at radius 1 is 1.36 bits per heavy atom. The van der Waals surface area contributed by atoms with Crippen LogP contribution in [0.5, 0.6) is 0 Å². The quantitative estimate of drug-likeness (QED) is 0.791. The number of nitrogens with zero attached hydrogens (tertiary/aromatic N) is 2. The van der Waals surface area contributed by atoms with Crippen molar-refractivity contribution in [1.29, 1.82) is 0 Å². The fraction of sp³-hybridized carbons (Fsp3) is 0.579. The normalized spacial score (nSPS) is 29.3. The molecular weight excluding hydrogens is 272 g/mol. The summed E-state index contributed by atoms with van der Waals surface area (Å²) in [6.45, 7) is 9.52. The summed E-state index contributed by atoms with van der Waals surface area (Å²) in [5.41, 5.74) is 2.42. The van der Waals surface area contributed by atoms with E-state index in [2.05, 4.69) is 43.7 Å². The van der Waals surface area contributed by atoms with Gasteiger partial charge in [0.05, 0.1) is 17.7 Å². The summed E-state index contributed by atoms with van der Waals surface area (Å²) < 4.78 is 0. The molecule has 1 aliphatic heterocycles. The van der Waals surface area contributed by atoms with E-state index in [9.17, 15) is 4.79 Å². The molecule has 3 atom stereocenters. The van der Waals surface area contributed by atoms with E-state index in [0.717, 1.165) is 25.1 Å². The molecule has 0 unspecified atom stereocenters. The van der Waals surface area contributed by atoms with Crippen LogP contribution in [0.4, 0.5) is 0 Å². The molecule has 1 aromatic rings. The highest BCUT2D eigenvalue weighted by molar-refractivity contribution is 5.84. The Morgan fingerprint density at radius 3 is 2.77 bits per heavy atom. The van der Waals surface area contributed by atoms with Gasteiger partial charge in [-0.2, -0.15) is 0 Å². The van der Waals surface area contributed by atoms with Crippen molar-refractivity contribution < 1.29 is 4.79 Å². The lowest BCUT2D eigenvalue weighted by molar-refractivity contribution is -0.134. The van der Waals surface area contributed by atoms with Crippen LogP contribution in [0.25, 0.3) is 0 Å². The topological polar surface area (TPSA) is 33.2 Å². The van der Waals surface area contributed by atoms with Crippen LogP contribution in [-0.2, 0) is 4.79 Å². The first kappa shape index (κ1) is 15.3. The molecule has 1 saturated carbocycles. The van der Waals surface area contributed by atoms with Crippen LogP contribution < -0.4 is 0 Å². The van der Waals surface area contributed by atoms with E-state index in [1.54, 1.807) is 0 Å². The van der Waals surface area contributed by atoms with E-state index in [-0.39, 0.29) is 17.4 Å². The number of likely N-dealkylation sites (tertiary alicyclic amines) is 1. The number of allylic oxidation sites excluding steroid dienone is 2. The zero-order chi connectivity index (χ0) is 15.9. The van der Waals surface area contributed by atoms with Crippen molar-refractivity contribution >= 4 is 5.91 Å². The van der Waals surface area contributed by atoms with Gasteiger partial charge in [-0.1, -0.05) is 31.6 Å². The fourth-order valence-electron chi connectivity index (χ4n) is 3.91. The van der Waals surface area contributed by atoms with Crippen molar-refractivity contribution in [3.63, 3.8) is 0 Å². The van der Waals surface area contributed by atoms with E-state index in [1.165, 1.54) is 5.57 Å². The van der Waals surface area contributed by atoms with Gasteiger partial charge in [-0.25, -0.2) is 0 Å². The predicted octanol–water partition coefficient (Wildman–Crippen LogP) is 3.98. The first-order valence-electron chi connectivity index (χ1n) is 8.29. The Labute approximate surface area is 133 Å². The average molecular weight is 298 g/mol. The average Bonchev–Trinajstić information content (AvgIpc) is 2.86. The third-order valence-electron chi connectivity index (χ3n) is 5.25. The Kier molecular flexibility index (Phi) is 3.84. The first-order valence-corrected chi connectivity index (χ1v) is 8.29. The van der Waals surface area contributed by atoms with Crippen molar-refractivity contribution in [2.24, 2.45) is 17.3 Å². The number of hydrogen-bond acceptors (Lipinski definition) is 2. The van der Waals surface area contributed by atoms with Gasteiger partial charge >= 0.3 is 0 Å². The van der Waals surface area contributed by atoms with Crippen molar-refractivity contribution in [3.05, 3.63) is 41.7 Å². The first-order chi connectivity index (χ1) is 10.4. The third-order valence-corrected chi connectivity index (χ3v) is 5.25. The lowest BCUT2D eigenvalue weighted by Gasteiger charge is -2.25. The Morgan fingerprint density at radius 2 is 2.14 bits per heavy atom. The molecule has 3 rings (SSSR count). The van der Waals surface area contributed by atoms with E-state index in [1.807, 2.05) is 24.4 Å². The number of hydrogen-bond donors (Lipinski definition) is 0. The molecule has 3 nitrogen and oxygen atoms in total. The Balaban J connectivity index is 1.79. The summed E-state index contributed by atoms with van der Waals surface area (Å²) in [7, 11) is 0. The molecule has 1 amide bonds. The molecule has 0 aromatic carbocycles. The van der Waals surface area contributed by atoms with Gasteiger partial charge in [0.15, 0.2) is 0 Å². The molecule has 0 radical (unpaired) electrons. The second kappa shape index (κ2) is 5.53. The maximum atomic E-state index is 13.1. The maximum Gasteiger partial charge on any atom is 0.227 e. The summed E-state index contributed by atoms with van der Waals surface area (Å²) in [6, 6.07) is 6.15. The minimum Gasteiger partial charge on any atom is -0.334 e. The molecule has 2 fully saturated rings. The van der Waals surface area contributed by atoms with Crippen LogP contribution in [-0.4, -0.2) is 22.3 Å². The highest BCUT2D eigenvalue weighted by atomic mass is 16.2. The molecular formula is C19H26N2O. The van der Waals surface area contributed by atoms with Crippen molar-refractivity contribution in [2.75, 3.05) is 6.54 Å². The molecule has 2 aliphatic rings. The van der Waals surface area contributed by atoms with Crippen LogP contribution in [0.3, 0.4) is 0 Å². The van der Waals surface area contributed by atoms with Gasteiger partial charge in [0.2, 0.25) is 5.91 Å². The van der Waals surface area contributed by atoms with Crippen LogP contribution in [0.2, 0.25) is 0 Å². The fourth-order valence-corrected chi connectivity index (χ4v) is 3.91. The molecule has 0 spiro atoms. The minimum absolute atomic E-state index is 0.0889. The number of aromatic nitrogens is 1. The van der Waals surface area contributed by atoms with Crippen LogP contribution in [0.1, 0.15) is 52.3 Å². The summed E-state index contributed by atoms with van der Waals surface area (Å²) in [5.74, 6) is 0.836. The monoisotopic (exact) mass is 298 g/mol. The van der Waals surface area contributed by atoms with Crippen molar-refractivity contribution in [1.82, 2.24) is 9.88 Å². The lowest BCUT2D eigenvalue weighted by atomic mass is 10.1. The molecule has 118 valence electrons. The van der Waals surface area contributed by atoms with Gasteiger partial charge in [0.1, 0.15) is 0 Å². The summed E-state index contributed by atoms with van der Waals surface area (Å²) in [4.78, 5) is 19.6. The molecule has 3 heteroatoms. The summed E-state index contributed by atoms with van der Waals surface area (Å²) in [5, 5.41) is 0. The Bertz CT molecular complexity index is 587. The standard InChI is InChI=1S/C19H26N2O/c1-13(2)12-14-17(19(14,3)4)18(22)21-11-7-9-16(21)15-8-5-6-10-20-15/h5-6,8,10,12,14,16-17H,7,9,11H2,1-4H3/t14-,16-,17-/m1/s1. The Hall–Kier alpha value is -1.64. The SMILES string of the molecule is CC(C)=C[C@@H]1[C@H](C(=O)N2CCC[C@@H]2c2ccccn2)C1(C)C. The largest absolute Gasteiger partial charge is 0.334 e. The summed E-state index contributed by atoms with van der Waals surface area (Å²) >= 11 is 0. The zero-order valence-corrected chi connectivity index (χ0v) is 14.0. The second-order valence-electron chi connectivity index (χ2n) is 7.51. The van der Waals surface area contributed by atoms with E-state index >= 15 is 0 Å². The number of carbonyl (C=O) groups excluding carboxylic acids is 1. The molecule has 0 N–H and O–H groups in total. The van der Waals surface area contributed by atoms with Gasteiger partial charge < -0.3 is 4.90 Å². The van der Waals surface area contributed by atoms with Gasteiger partial charge in [-0.3, -0.25) is 9.78 Å². The molecule has 1 saturated heterocycles. The molecule has 1 aromatic heterocycles. The number of pyridine rings is 1. The van der Waals surface area contributed by atoms with E-state index in [0.29, 0.717) is 11.8 Å². The summed E-state index contributed by atoms with van der Waals surface area (Å²) in [6.07, 6.45) is 6.20. The molecule has 0 bridgehead atoms. The number of amides is 1. The van der Waals surface area contributed by atoms with Crippen LogP contribution >= 0.6 is 0 Å². The van der Waals surface area contributed by atoms with E-state index < -0.39 is 0 Å². The van der Waals surface area contributed by atoms with Crippen LogP contribution in [0, 0.1) is 17.3 Å². The van der Waals surface area contributed by atoms with Crippen molar-refractivity contribution in [2.45, 2.75) is 46.6 Å². The van der Waals surface area contributed by atoms with E-state index in [4.69, 9.17) is 0 Å². The van der Waals surface area contributed by atoms with Crippen LogP contribution in [0.15, 0.2) is 36.0 Å². The minimum atomic E-state index is 0.0889. The third kappa shape index (κ3) is 2.57. The van der Waals surface area contributed by atoms with Crippen molar-refractivity contribution in [3.8, 4) is 0 Å². The van der Waals surface area contributed by atoms with Gasteiger partial charge in [-0.15, -0.1) is 0 Å². The number of rotatable bonds is 3. The molecule has 22 heavy (non-hydrogen) atoms. The van der Waals surface area contributed by atoms with Gasteiger partial charge in [0, 0.05) is 12.7 Å². The lowest BCUT2D eigenvalue weighted by Crippen LogP contribution is -2.33. The number of carbonyl (C=O) groups is 1. The predicted molar refractivity (Wildman–Crippen MR) is 88.1 cm³/mol. The smallest absolute Gasteiger partial charge is 0.227 e. The van der Waals surface area contributed by atoms with Gasteiger partial charge in [-0.05, 0) is 50.2 Å². The zero-order valence-electron chi connectivity index (χ0n) is 14.0. The highest BCUT2D eigenvalue weighted by Crippen LogP contribution is 2.60. The second-order valence-corrected chi connectivity index (χ2v) is 7.51.